The number of benzene rings is 2. The lowest BCUT2D eigenvalue weighted by atomic mass is 9.91. The minimum Gasteiger partial charge on any atom is -0.350 e. The van der Waals surface area contributed by atoms with Crippen molar-refractivity contribution in [3.8, 4) is 5.69 Å². The SMILES string of the molecule is Cc1ccc(CNC(=O)C2c3c(C)nn(-c4ccccc4)c3SCC(=O)N2C2CCCCC2)cc1. The maximum atomic E-state index is 13.9. The first-order valence-electron chi connectivity index (χ1n) is 12.4. The van der Waals surface area contributed by atoms with Crippen LogP contribution in [-0.2, 0) is 16.1 Å². The van der Waals surface area contributed by atoms with Crippen molar-refractivity contribution in [1.82, 2.24) is 20.0 Å². The molecule has 1 atom stereocenters. The predicted octanol–water partition coefficient (Wildman–Crippen LogP) is 5.11. The zero-order chi connectivity index (χ0) is 24.4. The zero-order valence-electron chi connectivity index (χ0n) is 20.4. The Morgan fingerprint density at radius 1 is 1.03 bits per heavy atom. The molecule has 7 heteroatoms. The molecule has 2 aliphatic rings. The summed E-state index contributed by atoms with van der Waals surface area (Å²) < 4.78 is 1.90. The molecular formula is C28H32N4O2S. The highest BCUT2D eigenvalue weighted by atomic mass is 32.2. The fourth-order valence-corrected chi connectivity index (χ4v) is 6.32. The molecule has 5 rings (SSSR count). The zero-order valence-corrected chi connectivity index (χ0v) is 21.2. The summed E-state index contributed by atoms with van der Waals surface area (Å²) in [6, 6.07) is 17.5. The number of aromatic nitrogens is 2. The van der Waals surface area contributed by atoms with Crippen LogP contribution in [0, 0.1) is 13.8 Å². The summed E-state index contributed by atoms with van der Waals surface area (Å²) in [5, 5.41) is 8.88. The van der Waals surface area contributed by atoms with E-state index in [1.54, 1.807) is 0 Å². The van der Waals surface area contributed by atoms with Crippen LogP contribution < -0.4 is 5.32 Å². The lowest BCUT2D eigenvalue weighted by Gasteiger charge is -2.38. The van der Waals surface area contributed by atoms with E-state index in [2.05, 4.69) is 5.32 Å². The normalized spacial score (nSPS) is 18.7. The quantitative estimate of drug-likeness (QED) is 0.542. The van der Waals surface area contributed by atoms with E-state index in [4.69, 9.17) is 5.10 Å². The number of aryl methyl sites for hydroxylation is 2. The summed E-state index contributed by atoms with van der Waals surface area (Å²) in [6.45, 7) is 4.43. The molecule has 35 heavy (non-hydrogen) atoms. The van der Waals surface area contributed by atoms with Gasteiger partial charge in [-0.1, -0.05) is 79.1 Å². The summed E-state index contributed by atoms with van der Waals surface area (Å²) in [7, 11) is 0. The van der Waals surface area contributed by atoms with Gasteiger partial charge in [-0.15, -0.1) is 0 Å². The molecule has 2 heterocycles. The number of rotatable bonds is 5. The lowest BCUT2D eigenvalue weighted by molar-refractivity contribution is -0.142. The lowest BCUT2D eigenvalue weighted by Crippen LogP contribution is -2.49. The molecule has 1 aliphatic carbocycles. The second-order valence-electron chi connectivity index (χ2n) is 9.54. The number of thioether (sulfide) groups is 1. The van der Waals surface area contributed by atoms with Gasteiger partial charge in [0.1, 0.15) is 11.1 Å². The third-order valence-electron chi connectivity index (χ3n) is 7.04. The second kappa shape index (κ2) is 10.3. The molecule has 6 nitrogen and oxygen atoms in total. The van der Waals surface area contributed by atoms with Gasteiger partial charge in [-0.2, -0.15) is 5.10 Å². The summed E-state index contributed by atoms with van der Waals surface area (Å²) in [6.07, 6.45) is 5.26. The van der Waals surface area contributed by atoms with E-state index < -0.39 is 6.04 Å². The number of para-hydroxylation sites is 1. The molecule has 2 amide bonds. The van der Waals surface area contributed by atoms with Crippen LogP contribution in [0.2, 0.25) is 0 Å². The van der Waals surface area contributed by atoms with Gasteiger partial charge in [0.25, 0.3) is 0 Å². The van der Waals surface area contributed by atoms with Crippen LogP contribution >= 0.6 is 11.8 Å². The second-order valence-corrected chi connectivity index (χ2v) is 10.5. The Bertz CT molecular complexity index is 1200. The van der Waals surface area contributed by atoms with Crippen LogP contribution in [0.3, 0.4) is 0 Å². The Morgan fingerprint density at radius 3 is 2.46 bits per heavy atom. The third kappa shape index (κ3) is 4.87. The summed E-state index contributed by atoms with van der Waals surface area (Å²) in [5.74, 6) is 0.208. The van der Waals surface area contributed by atoms with Crippen LogP contribution in [0.1, 0.15) is 60.5 Å². The minimum atomic E-state index is -0.682. The number of fused-ring (bicyclic) bond motifs is 1. The van der Waals surface area contributed by atoms with E-state index in [-0.39, 0.29) is 17.9 Å². The molecule has 182 valence electrons. The number of amides is 2. The molecule has 0 bridgehead atoms. The van der Waals surface area contributed by atoms with Crippen LogP contribution in [0.4, 0.5) is 0 Å². The molecular weight excluding hydrogens is 456 g/mol. The number of hydrogen-bond donors (Lipinski definition) is 1. The van der Waals surface area contributed by atoms with Crippen LogP contribution in [0.25, 0.3) is 5.69 Å². The topological polar surface area (TPSA) is 67.2 Å². The fraction of sp³-hybridized carbons (Fsp3) is 0.393. The maximum absolute atomic E-state index is 13.9. The molecule has 0 spiro atoms. The maximum Gasteiger partial charge on any atom is 0.247 e. The highest BCUT2D eigenvalue weighted by molar-refractivity contribution is 8.00. The van der Waals surface area contributed by atoms with Crippen LogP contribution in [-0.4, -0.2) is 38.3 Å². The van der Waals surface area contributed by atoms with Gasteiger partial charge in [-0.05, 0) is 44.4 Å². The molecule has 1 fully saturated rings. The standard InChI is InChI=1S/C28H32N4O2S/c1-19-13-15-21(16-14-19)17-29-27(34)26-25-20(2)30-32(23-11-7-4-8-12-23)28(25)35-18-24(33)31(26)22-9-5-3-6-10-22/h4,7-8,11-16,22,26H,3,5-6,9-10,17-18H2,1-2H3,(H,29,34). The first kappa shape index (κ1) is 23.7. The van der Waals surface area contributed by atoms with E-state index in [1.807, 2.05) is 78.0 Å². The first-order chi connectivity index (χ1) is 17.0. The molecule has 1 N–H and O–H groups in total. The molecule has 1 aliphatic heterocycles. The van der Waals surface area contributed by atoms with E-state index in [9.17, 15) is 9.59 Å². The van der Waals surface area contributed by atoms with Crippen molar-refractivity contribution < 1.29 is 9.59 Å². The van der Waals surface area contributed by atoms with Gasteiger partial charge in [0.2, 0.25) is 11.8 Å². The van der Waals surface area contributed by atoms with Crippen LogP contribution in [0.15, 0.2) is 59.6 Å². The molecule has 1 unspecified atom stereocenters. The molecule has 1 saturated carbocycles. The fourth-order valence-electron chi connectivity index (χ4n) is 5.23. The Kier molecular flexibility index (Phi) is 6.95. The highest BCUT2D eigenvalue weighted by Crippen LogP contribution is 2.41. The summed E-state index contributed by atoms with van der Waals surface area (Å²) >= 11 is 1.49. The van der Waals surface area contributed by atoms with E-state index in [0.29, 0.717) is 12.3 Å². The summed E-state index contributed by atoms with van der Waals surface area (Å²) in [4.78, 5) is 29.4. The predicted molar refractivity (Wildman–Crippen MR) is 139 cm³/mol. The van der Waals surface area contributed by atoms with Crippen molar-refractivity contribution in [2.45, 2.75) is 69.6 Å². The first-order valence-corrected chi connectivity index (χ1v) is 13.4. The van der Waals surface area contributed by atoms with Crippen LogP contribution in [0.5, 0.6) is 0 Å². The average Bonchev–Trinajstić information content (AvgIpc) is 3.12. The largest absolute Gasteiger partial charge is 0.350 e. The number of carbonyl (C=O) groups excluding carboxylic acids is 2. The smallest absolute Gasteiger partial charge is 0.247 e. The Hall–Kier alpha value is -3.06. The van der Waals surface area contributed by atoms with Crippen molar-refractivity contribution in [1.29, 1.82) is 0 Å². The molecule has 0 saturated heterocycles. The molecule has 2 aromatic carbocycles. The van der Waals surface area contributed by atoms with E-state index >= 15 is 0 Å². The minimum absolute atomic E-state index is 0.0348. The van der Waals surface area contributed by atoms with E-state index in [0.717, 1.165) is 53.2 Å². The van der Waals surface area contributed by atoms with Gasteiger partial charge >= 0.3 is 0 Å². The van der Waals surface area contributed by atoms with Gasteiger partial charge in [0.05, 0.1) is 17.1 Å². The third-order valence-corrected chi connectivity index (χ3v) is 8.10. The van der Waals surface area contributed by atoms with Crippen molar-refractivity contribution in [3.05, 3.63) is 77.0 Å². The number of nitrogens with one attached hydrogen (secondary N) is 1. The number of hydrogen-bond acceptors (Lipinski definition) is 4. The molecule has 3 aromatic rings. The number of carbonyl (C=O) groups is 2. The Labute approximate surface area is 211 Å². The van der Waals surface area contributed by atoms with Gasteiger partial charge in [0.15, 0.2) is 0 Å². The molecule has 1 aromatic heterocycles. The van der Waals surface area contributed by atoms with Gasteiger partial charge in [-0.3, -0.25) is 9.59 Å². The van der Waals surface area contributed by atoms with Crippen molar-refractivity contribution in [2.75, 3.05) is 5.75 Å². The van der Waals surface area contributed by atoms with Crippen molar-refractivity contribution in [3.63, 3.8) is 0 Å². The highest BCUT2D eigenvalue weighted by Gasteiger charge is 2.42. The van der Waals surface area contributed by atoms with Gasteiger partial charge in [-0.25, -0.2) is 4.68 Å². The van der Waals surface area contributed by atoms with Crippen molar-refractivity contribution in [2.24, 2.45) is 0 Å². The van der Waals surface area contributed by atoms with Crippen molar-refractivity contribution >= 4 is 23.6 Å². The number of nitrogens with zero attached hydrogens (tertiary/aromatic N) is 3. The Balaban J connectivity index is 1.55. The summed E-state index contributed by atoms with van der Waals surface area (Å²) in [5.41, 5.74) is 4.81. The van der Waals surface area contributed by atoms with E-state index in [1.165, 1.54) is 23.7 Å². The van der Waals surface area contributed by atoms with Gasteiger partial charge < -0.3 is 10.2 Å². The Morgan fingerprint density at radius 2 is 1.74 bits per heavy atom. The molecule has 0 radical (unpaired) electrons. The van der Waals surface area contributed by atoms with Gasteiger partial charge in [0, 0.05) is 18.2 Å². The average molecular weight is 489 g/mol. The monoisotopic (exact) mass is 488 g/mol.